The average molecular weight is 385 g/mol. The van der Waals surface area contributed by atoms with Gasteiger partial charge in [0.2, 0.25) is 0 Å². The summed E-state index contributed by atoms with van der Waals surface area (Å²) in [5.74, 6) is 0. The van der Waals surface area contributed by atoms with Crippen LogP contribution in [0.2, 0.25) is 0 Å². The molecule has 0 spiro atoms. The highest BCUT2D eigenvalue weighted by Crippen LogP contribution is 2.35. The Morgan fingerprint density at radius 2 is 1.28 bits per heavy atom. The molecule has 0 heterocycles. The van der Waals surface area contributed by atoms with Gasteiger partial charge < -0.3 is 0 Å². The fourth-order valence-corrected chi connectivity index (χ4v) is 3.91. The molecule has 3 aromatic rings. The molecule has 2 nitrogen and oxygen atoms in total. The van der Waals surface area contributed by atoms with Gasteiger partial charge in [-0.3, -0.25) is 9.59 Å². The zero-order valence-corrected chi connectivity index (χ0v) is 17.1. The molecule has 0 atom stereocenters. The molecule has 0 fully saturated rings. The van der Waals surface area contributed by atoms with Crippen LogP contribution in [-0.2, 0) is 6.42 Å². The lowest BCUT2D eigenvalue weighted by Gasteiger charge is -2.15. The van der Waals surface area contributed by atoms with Crippen molar-refractivity contribution in [2.24, 2.45) is 0 Å². The molecular weight excluding hydrogens is 356 g/mol. The summed E-state index contributed by atoms with van der Waals surface area (Å²) >= 11 is 0. The summed E-state index contributed by atoms with van der Waals surface area (Å²) in [6, 6.07) is 22.2. The number of carbonyl (C=O) groups excluding carboxylic acids is 2. The Bertz CT molecular complexity index is 958. The summed E-state index contributed by atoms with van der Waals surface area (Å²) in [4.78, 5) is 24.0. The van der Waals surface area contributed by atoms with Crippen LogP contribution in [-0.4, -0.2) is 12.6 Å². The van der Waals surface area contributed by atoms with Crippen LogP contribution in [0.3, 0.4) is 0 Å². The van der Waals surface area contributed by atoms with E-state index in [1.54, 1.807) is 0 Å². The maximum absolute atomic E-state index is 12.0. The highest BCUT2D eigenvalue weighted by Gasteiger charge is 2.16. The zero-order chi connectivity index (χ0) is 20.5. The van der Waals surface area contributed by atoms with E-state index < -0.39 is 0 Å². The van der Waals surface area contributed by atoms with E-state index >= 15 is 0 Å². The molecule has 3 rings (SSSR count). The molecule has 0 aliphatic rings. The van der Waals surface area contributed by atoms with Crippen molar-refractivity contribution in [2.75, 3.05) is 0 Å². The molecule has 0 aliphatic carbocycles. The van der Waals surface area contributed by atoms with E-state index in [0.717, 1.165) is 59.7 Å². The largest absolute Gasteiger partial charge is 0.298 e. The molecule has 0 aliphatic heterocycles. The van der Waals surface area contributed by atoms with E-state index in [1.165, 1.54) is 19.3 Å². The molecule has 0 N–H and O–H groups in total. The molecule has 0 saturated carbocycles. The second-order valence-corrected chi connectivity index (χ2v) is 7.41. The third-order valence-corrected chi connectivity index (χ3v) is 5.46. The van der Waals surface area contributed by atoms with Crippen molar-refractivity contribution in [2.45, 2.75) is 45.4 Å². The Kier molecular flexibility index (Phi) is 7.52. The van der Waals surface area contributed by atoms with Gasteiger partial charge in [0.05, 0.1) is 0 Å². The van der Waals surface area contributed by atoms with E-state index in [9.17, 15) is 9.59 Å². The number of unbranched alkanes of at least 4 members (excludes halogenated alkanes) is 4. The lowest BCUT2D eigenvalue weighted by molar-refractivity contribution is 0.109. The number of benzene rings is 3. The van der Waals surface area contributed by atoms with E-state index in [0.29, 0.717) is 11.1 Å². The van der Waals surface area contributed by atoms with Gasteiger partial charge in [-0.15, -0.1) is 0 Å². The number of carbonyl (C=O) groups is 2. The molecule has 0 saturated heterocycles. The quantitative estimate of drug-likeness (QED) is 0.274. The SMILES string of the molecule is CCCCCCCc1ccc(-c2ccccc2-c2ccccc2)c(C=O)c1C=O. The summed E-state index contributed by atoms with van der Waals surface area (Å²) in [6.45, 7) is 2.20. The van der Waals surface area contributed by atoms with Gasteiger partial charge in [-0.05, 0) is 40.7 Å². The maximum Gasteiger partial charge on any atom is 0.151 e. The summed E-state index contributed by atoms with van der Waals surface area (Å²) in [6.07, 6.45) is 8.39. The third kappa shape index (κ3) is 4.89. The van der Waals surface area contributed by atoms with Crippen LogP contribution in [0, 0.1) is 0 Å². The lowest BCUT2D eigenvalue weighted by atomic mass is 9.87. The lowest BCUT2D eigenvalue weighted by Crippen LogP contribution is -2.02. The van der Waals surface area contributed by atoms with E-state index in [1.807, 2.05) is 48.5 Å². The number of rotatable bonds is 10. The minimum atomic E-state index is 0.495. The molecule has 29 heavy (non-hydrogen) atoms. The average Bonchev–Trinajstić information content (AvgIpc) is 2.79. The van der Waals surface area contributed by atoms with Gasteiger partial charge in [-0.1, -0.05) is 99.3 Å². The molecule has 0 unspecified atom stereocenters. The van der Waals surface area contributed by atoms with Crippen LogP contribution >= 0.6 is 0 Å². The van der Waals surface area contributed by atoms with Crippen molar-refractivity contribution in [3.8, 4) is 22.3 Å². The van der Waals surface area contributed by atoms with Gasteiger partial charge >= 0.3 is 0 Å². The van der Waals surface area contributed by atoms with Crippen LogP contribution < -0.4 is 0 Å². The first-order chi connectivity index (χ1) is 14.3. The van der Waals surface area contributed by atoms with Crippen molar-refractivity contribution in [1.29, 1.82) is 0 Å². The molecular formula is C27H28O2. The van der Waals surface area contributed by atoms with Crippen LogP contribution in [0.5, 0.6) is 0 Å². The minimum absolute atomic E-state index is 0.495. The van der Waals surface area contributed by atoms with Gasteiger partial charge in [0.25, 0.3) is 0 Å². The normalized spacial score (nSPS) is 10.7. The zero-order valence-electron chi connectivity index (χ0n) is 17.1. The van der Waals surface area contributed by atoms with Crippen LogP contribution in [0.4, 0.5) is 0 Å². The van der Waals surface area contributed by atoms with Crippen molar-refractivity contribution in [1.82, 2.24) is 0 Å². The van der Waals surface area contributed by atoms with E-state index in [-0.39, 0.29) is 0 Å². The maximum atomic E-state index is 12.0. The Morgan fingerprint density at radius 1 is 0.621 bits per heavy atom. The predicted molar refractivity (Wildman–Crippen MR) is 121 cm³/mol. The summed E-state index contributed by atoms with van der Waals surface area (Å²) in [7, 11) is 0. The summed E-state index contributed by atoms with van der Waals surface area (Å²) in [5, 5.41) is 0. The molecule has 0 aromatic heterocycles. The summed E-state index contributed by atoms with van der Waals surface area (Å²) < 4.78 is 0. The predicted octanol–water partition coefficient (Wildman–Crippen LogP) is 7.16. The van der Waals surface area contributed by atoms with E-state index in [4.69, 9.17) is 0 Å². The Hall–Kier alpha value is -3.00. The first-order valence-corrected chi connectivity index (χ1v) is 10.5. The van der Waals surface area contributed by atoms with Gasteiger partial charge in [0, 0.05) is 11.1 Å². The summed E-state index contributed by atoms with van der Waals surface area (Å²) in [5.41, 5.74) is 5.94. The number of aldehydes is 2. The van der Waals surface area contributed by atoms with Gasteiger partial charge in [0.15, 0.2) is 12.6 Å². The number of hydrogen-bond acceptors (Lipinski definition) is 2. The highest BCUT2D eigenvalue weighted by molar-refractivity contribution is 6.00. The monoisotopic (exact) mass is 384 g/mol. The smallest absolute Gasteiger partial charge is 0.151 e. The number of aryl methyl sites for hydroxylation is 1. The van der Waals surface area contributed by atoms with Gasteiger partial charge in [-0.25, -0.2) is 0 Å². The minimum Gasteiger partial charge on any atom is -0.298 e. The first kappa shape index (κ1) is 20.7. The fourth-order valence-electron chi connectivity index (χ4n) is 3.91. The highest BCUT2D eigenvalue weighted by atomic mass is 16.1. The topological polar surface area (TPSA) is 34.1 Å². The Balaban J connectivity index is 1.99. The molecule has 2 heteroatoms. The van der Waals surface area contributed by atoms with Crippen molar-refractivity contribution in [3.63, 3.8) is 0 Å². The first-order valence-electron chi connectivity index (χ1n) is 10.5. The van der Waals surface area contributed by atoms with E-state index in [2.05, 4.69) is 25.1 Å². The Labute approximate surface area is 173 Å². The number of hydrogen-bond donors (Lipinski definition) is 0. The second kappa shape index (κ2) is 10.5. The fraction of sp³-hybridized carbons (Fsp3) is 0.259. The molecule has 148 valence electrons. The third-order valence-electron chi connectivity index (χ3n) is 5.46. The molecule has 0 amide bonds. The molecule has 0 bridgehead atoms. The van der Waals surface area contributed by atoms with Crippen molar-refractivity contribution < 1.29 is 9.59 Å². The van der Waals surface area contributed by atoms with Crippen LogP contribution in [0.25, 0.3) is 22.3 Å². The molecule has 3 aromatic carbocycles. The second-order valence-electron chi connectivity index (χ2n) is 7.41. The van der Waals surface area contributed by atoms with Crippen molar-refractivity contribution >= 4 is 12.6 Å². The molecule has 0 radical (unpaired) electrons. The standard InChI is InChI=1S/C27H28O2/c1-2-3-4-5-7-14-22-17-18-25(27(20-29)26(22)19-28)24-16-11-10-15-23(24)21-12-8-6-9-13-21/h6,8-13,15-20H,2-5,7,14H2,1H3. The van der Waals surface area contributed by atoms with Crippen LogP contribution in [0.1, 0.15) is 65.3 Å². The van der Waals surface area contributed by atoms with Gasteiger partial charge in [0.1, 0.15) is 0 Å². The van der Waals surface area contributed by atoms with Gasteiger partial charge in [-0.2, -0.15) is 0 Å². The Morgan fingerprint density at radius 3 is 1.97 bits per heavy atom. The van der Waals surface area contributed by atoms with Crippen molar-refractivity contribution in [3.05, 3.63) is 83.4 Å². The van der Waals surface area contributed by atoms with Crippen LogP contribution in [0.15, 0.2) is 66.7 Å².